The summed E-state index contributed by atoms with van der Waals surface area (Å²) in [6.07, 6.45) is 6.73. The first kappa shape index (κ1) is 18.5. The van der Waals surface area contributed by atoms with Crippen LogP contribution in [0.25, 0.3) is 5.69 Å². The number of piperidine rings is 1. The minimum absolute atomic E-state index is 0.160. The van der Waals surface area contributed by atoms with Gasteiger partial charge in [0.15, 0.2) is 0 Å². The number of hydrogen-bond donors (Lipinski definition) is 0. The second kappa shape index (κ2) is 8.09. The van der Waals surface area contributed by atoms with Gasteiger partial charge in [-0.3, -0.25) is 9.80 Å². The molecule has 1 aromatic heterocycles. The predicted molar refractivity (Wildman–Crippen MR) is 112 cm³/mol. The molecule has 0 amide bonds. The lowest BCUT2D eigenvalue weighted by Crippen LogP contribution is -2.43. The summed E-state index contributed by atoms with van der Waals surface area (Å²) in [7, 11) is 0. The van der Waals surface area contributed by atoms with Crippen LogP contribution in [0.4, 0.5) is 4.39 Å². The molecule has 3 fully saturated rings. The lowest BCUT2D eigenvalue weighted by Gasteiger charge is -2.35. The summed E-state index contributed by atoms with van der Waals surface area (Å²) in [4.78, 5) is 5.20. The van der Waals surface area contributed by atoms with E-state index in [0.717, 1.165) is 38.4 Å². The number of halogens is 1. The van der Waals surface area contributed by atoms with Gasteiger partial charge in [-0.05, 0) is 48.6 Å². The Labute approximate surface area is 171 Å². The third-order valence-electron chi connectivity index (χ3n) is 6.26. The van der Waals surface area contributed by atoms with Gasteiger partial charge in [-0.25, -0.2) is 9.07 Å². The molecule has 0 saturated carbocycles. The van der Waals surface area contributed by atoms with E-state index in [1.54, 1.807) is 12.1 Å². The van der Waals surface area contributed by atoms with Crippen LogP contribution in [0.5, 0.6) is 0 Å². The van der Waals surface area contributed by atoms with E-state index in [9.17, 15) is 4.39 Å². The Balaban J connectivity index is 1.26. The molecule has 4 nitrogen and oxygen atoms in total. The summed E-state index contributed by atoms with van der Waals surface area (Å²) in [5, 5.41) is 4.56. The maximum atomic E-state index is 13.2. The van der Waals surface area contributed by atoms with Crippen LogP contribution in [0.15, 0.2) is 67.0 Å². The topological polar surface area (TPSA) is 24.3 Å². The van der Waals surface area contributed by atoms with Crippen LogP contribution in [-0.2, 0) is 13.1 Å². The number of para-hydroxylation sites is 1. The van der Waals surface area contributed by atoms with Gasteiger partial charge in [0.05, 0.1) is 11.9 Å². The molecule has 2 atom stereocenters. The lowest BCUT2D eigenvalue weighted by molar-refractivity contribution is 0.123. The molecule has 3 aliphatic heterocycles. The Bertz CT molecular complexity index is 937. The van der Waals surface area contributed by atoms with Gasteiger partial charge in [0.25, 0.3) is 0 Å². The molecule has 5 heteroatoms. The highest BCUT2D eigenvalue weighted by Crippen LogP contribution is 2.30. The summed E-state index contributed by atoms with van der Waals surface area (Å²) < 4.78 is 15.2. The smallest absolute Gasteiger partial charge is 0.123 e. The zero-order valence-electron chi connectivity index (χ0n) is 16.6. The van der Waals surface area contributed by atoms with Gasteiger partial charge in [0, 0.05) is 50.5 Å². The molecule has 150 valence electrons. The molecule has 0 radical (unpaired) electrons. The SMILES string of the molecule is Fc1ccc(CN2C[C@@H]3CC[C@H](C2)N(Cc2cnn(-c4ccccc4)c2)C3)cc1. The van der Waals surface area contributed by atoms with Crippen molar-refractivity contribution in [3.63, 3.8) is 0 Å². The van der Waals surface area contributed by atoms with E-state index in [1.165, 1.54) is 24.0 Å². The average Bonchev–Trinajstić information content (AvgIpc) is 3.04. The van der Waals surface area contributed by atoms with Crippen molar-refractivity contribution in [2.75, 3.05) is 19.6 Å². The van der Waals surface area contributed by atoms with E-state index in [2.05, 4.69) is 33.2 Å². The normalized spacial score (nSPS) is 22.7. The Kier molecular flexibility index (Phi) is 5.17. The molecular weight excluding hydrogens is 363 g/mol. The van der Waals surface area contributed by atoms with E-state index < -0.39 is 0 Å². The lowest BCUT2D eigenvalue weighted by atomic mass is 9.95. The number of aromatic nitrogens is 2. The van der Waals surface area contributed by atoms with Crippen LogP contribution in [0.3, 0.4) is 0 Å². The third-order valence-corrected chi connectivity index (χ3v) is 6.26. The van der Waals surface area contributed by atoms with Gasteiger partial charge in [0.2, 0.25) is 0 Å². The molecule has 3 aliphatic rings. The zero-order valence-corrected chi connectivity index (χ0v) is 16.6. The molecule has 6 rings (SSSR count). The molecule has 0 unspecified atom stereocenters. The first-order valence-corrected chi connectivity index (χ1v) is 10.5. The van der Waals surface area contributed by atoms with Gasteiger partial charge in [0.1, 0.15) is 5.82 Å². The van der Waals surface area contributed by atoms with Gasteiger partial charge in [-0.2, -0.15) is 5.10 Å². The van der Waals surface area contributed by atoms with Crippen molar-refractivity contribution >= 4 is 0 Å². The van der Waals surface area contributed by atoms with Crippen LogP contribution in [-0.4, -0.2) is 45.3 Å². The molecular formula is C24H27FN4. The van der Waals surface area contributed by atoms with Crippen molar-refractivity contribution in [2.45, 2.75) is 32.0 Å². The highest BCUT2D eigenvalue weighted by molar-refractivity contribution is 5.31. The van der Waals surface area contributed by atoms with Gasteiger partial charge >= 0.3 is 0 Å². The molecule has 2 bridgehead atoms. The number of benzene rings is 2. The fourth-order valence-corrected chi connectivity index (χ4v) is 4.85. The third kappa shape index (κ3) is 4.26. The molecule has 29 heavy (non-hydrogen) atoms. The summed E-state index contributed by atoms with van der Waals surface area (Å²) in [6.45, 7) is 5.24. The van der Waals surface area contributed by atoms with Gasteiger partial charge in [-0.1, -0.05) is 30.3 Å². The summed E-state index contributed by atoms with van der Waals surface area (Å²) in [5.74, 6) is 0.547. The molecule has 0 N–H and O–H groups in total. The summed E-state index contributed by atoms with van der Waals surface area (Å²) in [5.41, 5.74) is 3.57. The fourth-order valence-electron chi connectivity index (χ4n) is 4.85. The quantitative estimate of drug-likeness (QED) is 0.655. The largest absolute Gasteiger partial charge is 0.297 e. The Morgan fingerprint density at radius 1 is 0.862 bits per heavy atom. The second-order valence-corrected chi connectivity index (χ2v) is 8.48. The van der Waals surface area contributed by atoms with Crippen LogP contribution < -0.4 is 0 Å². The van der Waals surface area contributed by atoms with Crippen LogP contribution in [0, 0.1) is 11.7 Å². The second-order valence-electron chi connectivity index (χ2n) is 8.48. The molecule has 3 saturated heterocycles. The van der Waals surface area contributed by atoms with Crippen molar-refractivity contribution in [3.8, 4) is 5.69 Å². The van der Waals surface area contributed by atoms with Gasteiger partial charge < -0.3 is 0 Å². The van der Waals surface area contributed by atoms with Crippen molar-refractivity contribution in [1.82, 2.24) is 19.6 Å². The number of nitrogens with zero attached hydrogens (tertiary/aromatic N) is 4. The predicted octanol–water partition coefficient (Wildman–Crippen LogP) is 4.11. The Morgan fingerprint density at radius 3 is 2.52 bits per heavy atom. The van der Waals surface area contributed by atoms with E-state index in [-0.39, 0.29) is 5.82 Å². The summed E-state index contributed by atoms with van der Waals surface area (Å²) >= 11 is 0. The minimum atomic E-state index is -0.160. The molecule has 2 aromatic carbocycles. The van der Waals surface area contributed by atoms with Gasteiger partial charge in [-0.15, -0.1) is 0 Å². The summed E-state index contributed by atoms with van der Waals surface area (Å²) in [6, 6.07) is 17.8. The Morgan fingerprint density at radius 2 is 1.69 bits per heavy atom. The first-order chi connectivity index (χ1) is 14.2. The highest BCUT2D eigenvalue weighted by atomic mass is 19.1. The van der Waals surface area contributed by atoms with Crippen molar-refractivity contribution in [3.05, 3.63) is 83.9 Å². The number of rotatable bonds is 5. The molecule has 0 aliphatic carbocycles. The Hall–Kier alpha value is -2.50. The maximum absolute atomic E-state index is 13.2. The van der Waals surface area contributed by atoms with Crippen molar-refractivity contribution in [2.24, 2.45) is 5.92 Å². The van der Waals surface area contributed by atoms with Crippen molar-refractivity contribution in [1.29, 1.82) is 0 Å². The monoisotopic (exact) mass is 390 g/mol. The van der Waals surface area contributed by atoms with Crippen molar-refractivity contribution < 1.29 is 4.39 Å². The van der Waals surface area contributed by atoms with Crippen LogP contribution >= 0.6 is 0 Å². The standard InChI is InChI=1S/C24H27FN4/c25-22-9-6-19(7-10-22)13-27-14-20-8-11-24(18-27)28(15-20)16-21-12-26-29(17-21)23-4-2-1-3-5-23/h1-7,9-10,12,17,20,24H,8,11,13-16,18H2/t20-,24+/m0/s1. The van der Waals surface area contributed by atoms with Crippen LogP contribution in [0.2, 0.25) is 0 Å². The number of fused-ring (bicyclic) bond motifs is 4. The first-order valence-electron chi connectivity index (χ1n) is 10.5. The zero-order chi connectivity index (χ0) is 19.6. The molecule has 4 heterocycles. The van der Waals surface area contributed by atoms with E-state index in [1.807, 2.05) is 41.2 Å². The van der Waals surface area contributed by atoms with E-state index >= 15 is 0 Å². The minimum Gasteiger partial charge on any atom is -0.297 e. The molecule has 0 spiro atoms. The average molecular weight is 391 g/mol. The maximum Gasteiger partial charge on any atom is 0.123 e. The molecule has 3 aromatic rings. The number of hydrogen-bond acceptors (Lipinski definition) is 3. The fraction of sp³-hybridized carbons (Fsp3) is 0.375. The highest BCUT2D eigenvalue weighted by Gasteiger charge is 2.34. The van der Waals surface area contributed by atoms with E-state index in [0.29, 0.717) is 12.0 Å². The van der Waals surface area contributed by atoms with E-state index in [4.69, 9.17) is 0 Å². The van der Waals surface area contributed by atoms with Crippen LogP contribution in [0.1, 0.15) is 24.0 Å².